The summed E-state index contributed by atoms with van der Waals surface area (Å²) in [4.78, 5) is 27.9. The Balaban J connectivity index is 1.48. The number of nitrogens with zero attached hydrogens (tertiary/aromatic N) is 3. The first-order chi connectivity index (χ1) is 17.3. The van der Waals surface area contributed by atoms with Gasteiger partial charge in [-0.2, -0.15) is 0 Å². The van der Waals surface area contributed by atoms with Crippen LogP contribution in [0.5, 0.6) is 0 Å². The lowest BCUT2D eigenvalue weighted by Crippen LogP contribution is -2.31. The van der Waals surface area contributed by atoms with Crippen molar-refractivity contribution in [3.63, 3.8) is 0 Å². The van der Waals surface area contributed by atoms with Crippen molar-refractivity contribution in [2.24, 2.45) is 0 Å². The van der Waals surface area contributed by atoms with E-state index in [1.54, 1.807) is 37.3 Å². The number of ketones is 1. The van der Waals surface area contributed by atoms with E-state index in [1.807, 2.05) is 6.92 Å². The van der Waals surface area contributed by atoms with Gasteiger partial charge in [-0.25, -0.2) is 0 Å². The monoisotopic (exact) mass is 537 g/mol. The first kappa shape index (κ1) is 24.3. The third-order valence-electron chi connectivity index (χ3n) is 5.69. The number of thioether (sulfide) groups is 1. The van der Waals surface area contributed by atoms with Crippen LogP contribution >= 0.6 is 34.7 Å². The van der Waals surface area contributed by atoms with E-state index in [9.17, 15) is 14.7 Å². The van der Waals surface area contributed by atoms with Crippen LogP contribution < -0.4 is 4.90 Å². The third-order valence-corrected chi connectivity index (χ3v) is 8.07. The Morgan fingerprint density at radius 2 is 1.81 bits per heavy atom. The normalized spacial score (nSPS) is 15.7. The summed E-state index contributed by atoms with van der Waals surface area (Å²) in [6, 6.07) is 17.2. The molecule has 0 bridgehead atoms. The molecule has 36 heavy (non-hydrogen) atoms. The van der Waals surface area contributed by atoms with Gasteiger partial charge in [0.2, 0.25) is 10.9 Å². The highest BCUT2D eigenvalue weighted by Crippen LogP contribution is 2.44. The van der Waals surface area contributed by atoms with Crippen molar-refractivity contribution in [1.29, 1.82) is 0 Å². The minimum Gasteiger partial charge on any atom is -0.503 e. The fourth-order valence-corrected chi connectivity index (χ4v) is 5.82. The first-order valence-electron chi connectivity index (χ1n) is 11.0. The lowest BCUT2D eigenvalue weighted by Gasteiger charge is -2.23. The summed E-state index contributed by atoms with van der Waals surface area (Å²) in [7, 11) is 0. The Bertz CT molecular complexity index is 1480. The van der Waals surface area contributed by atoms with E-state index in [0.717, 1.165) is 5.56 Å². The second-order valence-electron chi connectivity index (χ2n) is 8.26. The summed E-state index contributed by atoms with van der Waals surface area (Å²) < 4.78 is 6.16. The molecule has 1 atom stereocenters. The van der Waals surface area contributed by atoms with Gasteiger partial charge in [0.05, 0.1) is 11.6 Å². The summed E-state index contributed by atoms with van der Waals surface area (Å²) >= 11 is 8.80. The lowest BCUT2D eigenvalue weighted by atomic mass is 9.95. The van der Waals surface area contributed by atoms with Gasteiger partial charge < -0.3 is 9.52 Å². The number of rotatable bonds is 7. The number of carbonyl (C=O) groups is 2. The Kier molecular flexibility index (Phi) is 6.70. The summed E-state index contributed by atoms with van der Waals surface area (Å²) in [6.45, 7) is 3.75. The van der Waals surface area contributed by atoms with Crippen molar-refractivity contribution >= 4 is 51.5 Å². The summed E-state index contributed by atoms with van der Waals surface area (Å²) in [5, 5.41) is 20.1. The van der Waals surface area contributed by atoms with Crippen LogP contribution in [0, 0.1) is 13.8 Å². The van der Waals surface area contributed by atoms with Crippen molar-refractivity contribution in [1.82, 2.24) is 10.2 Å². The number of aromatic nitrogens is 2. The highest BCUT2D eigenvalue weighted by molar-refractivity contribution is 8.00. The maximum Gasteiger partial charge on any atom is 0.296 e. The molecule has 1 aliphatic heterocycles. The number of carbonyl (C=O) groups excluding carboxylic acids is 2. The summed E-state index contributed by atoms with van der Waals surface area (Å²) in [6.07, 6.45) is 0. The van der Waals surface area contributed by atoms with Gasteiger partial charge in [0.15, 0.2) is 15.9 Å². The standard InChI is InChI=1S/C26H20ClN3O4S2/c1-14-3-6-16(7-4-14)13-35-26-29-28-25(36-26)30-21(17-8-10-18(27)11-9-17)20(23(32)24(30)33)22(31)19-12-5-15(2)34-19/h3-12,21,32H,13H2,1-2H3. The van der Waals surface area contributed by atoms with Crippen molar-refractivity contribution < 1.29 is 19.1 Å². The van der Waals surface area contributed by atoms with Gasteiger partial charge in [0, 0.05) is 10.8 Å². The molecule has 0 saturated carbocycles. The van der Waals surface area contributed by atoms with Gasteiger partial charge >= 0.3 is 0 Å². The lowest BCUT2D eigenvalue weighted by molar-refractivity contribution is -0.117. The molecule has 1 N–H and O–H groups in total. The van der Waals surface area contributed by atoms with Crippen LogP contribution in [0.15, 0.2) is 80.8 Å². The quantitative estimate of drug-likeness (QED) is 0.164. The van der Waals surface area contributed by atoms with Gasteiger partial charge in [0.1, 0.15) is 5.76 Å². The van der Waals surface area contributed by atoms with E-state index in [1.165, 1.54) is 39.6 Å². The van der Waals surface area contributed by atoms with E-state index >= 15 is 0 Å². The number of anilines is 1. The van der Waals surface area contributed by atoms with Crippen LogP contribution in [0.4, 0.5) is 5.13 Å². The number of hydrogen-bond donors (Lipinski definition) is 1. The molecule has 4 aromatic rings. The number of furan rings is 1. The molecule has 0 spiro atoms. The molecule has 0 radical (unpaired) electrons. The fourth-order valence-electron chi connectivity index (χ4n) is 3.87. The molecular formula is C26H20ClN3O4S2. The van der Waals surface area contributed by atoms with Crippen LogP contribution in [0.3, 0.4) is 0 Å². The largest absolute Gasteiger partial charge is 0.503 e. The van der Waals surface area contributed by atoms with Gasteiger partial charge in [-0.15, -0.1) is 10.2 Å². The van der Waals surface area contributed by atoms with E-state index in [-0.39, 0.29) is 16.5 Å². The topological polar surface area (TPSA) is 96.5 Å². The highest BCUT2D eigenvalue weighted by Gasteiger charge is 2.46. The molecule has 2 aromatic heterocycles. The van der Waals surface area contributed by atoms with Crippen LogP contribution in [0.2, 0.25) is 5.02 Å². The minimum atomic E-state index is -0.921. The molecule has 0 aliphatic carbocycles. The molecule has 0 fully saturated rings. The number of benzene rings is 2. The number of hydrogen-bond acceptors (Lipinski definition) is 8. The van der Waals surface area contributed by atoms with E-state index in [0.29, 0.717) is 26.4 Å². The average molecular weight is 538 g/mol. The zero-order chi connectivity index (χ0) is 25.4. The number of aliphatic hydroxyl groups is 1. The smallest absolute Gasteiger partial charge is 0.296 e. The van der Waals surface area contributed by atoms with E-state index < -0.39 is 23.5 Å². The van der Waals surface area contributed by atoms with Gasteiger partial charge in [0.25, 0.3) is 5.91 Å². The van der Waals surface area contributed by atoms with E-state index in [4.69, 9.17) is 16.0 Å². The van der Waals surface area contributed by atoms with Gasteiger partial charge in [-0.3, -0.25) is 14.5 Å². The second-order valence-corrected chi connectivity index (χ2v) is 10.9. The predicted octanol–water partition coefficient (Wildman–Crippen LogP) is 6.48. The number of aryl methyl sites for hydroxylation is 2. The van der Waals surface area contributed by atoms with Crippen molar-refractivity contribution in [2.75, 3.05) is 4.90 Å². The summed E-state index contributed by atoms with van der Waals surface area (Å²) in [5.74, 6) is -0.675. The molecule has 1 aliphatic rings. The van der Waals surface area contributed by atoms with Gasteiger partial charge in [-0.1, -0.05) is 76.7 Å². The Morgan fingerprint density at radius 1 is 1.08 bits per heavy atom. The SMILES string of the molecule is Cc1ccc(CSc2nnc(N3C(=O)C(O)=C(C(=O)c4ccc(C)o4)C3c3ccc(Cl)cc3)s2)cc1. The molecule has 5 rings (SSSR count). The Morgan fingerprint density at radius 3 is 2.47 bits per heavy atom. The molecule has 3 heterocycles. The fraction of sp³-hybridized carbons (Fsp3) is 0.154. The molecule has 10 heteroatoms. The maximum absolute atomic E-state index is 13.4. The van der Waals surface area contributed by atoms with Crippen molar-refractivity contribution in [3.8, 4) is 0 Å². The molecule has 1 unspecified atom stereocenters. The predicted molar refractivity (Wildman–Crippen MR) is 140 cm³/mol. The van der Waals surface area contributed by atoms with Gasteiger partial charge in [-0.05, 0) is 49.2 Å². The molecule has 2 aromatic carbocycles. The van der Waals surface area contributed by atoms with E-state index in [2.05, 4.69) is 34.5 Å². The number of Topliss-reactive ketones (excluding diaryl/α,β-unsaturated/α-hetero) is 1. The molecule has 1 amide bonds. The third kappa shape index (κ3) is 4.69. The minimum absolute atomic E-state index is 0.0364. The molecule has 0 saturated heterocycles. The molecule has 7 nitrogen and oxygen atoms in total. The maximum atomic E-state index is 13.4. The van der Waals surface area contributed by atoms with Crippen LogP contribution in [-0.4, -0.2) is 27.0 Å². The molecular weight excluding hydrogens is 518 g/mol. The highest BCUT2D eigenvalue weighted by atomic mass is 35.5. The first-order valence-corrected chi connectivity index (χ1v) is 13.1. The average Bonchev–Trinajstić information content (AvgIpc) is 3.58. The Hall–Kier alpha value is -3.40. The number of aliphatic hydroxyl groups excluding tert-OH is 1. The van der Waals surface area contributed by atoms with Crippen LogP contribution in [-0.2, 0) is 10.5 Å². The molecule has 182 valence electrons. The van der Waals surface area contributed by atoms with Crippen LogP contribution in [0.1, 0.15) is 39.0 Å². The van der Waals surface area contributed by atoms with Crippen LogP contribution in [0.25, 0.3) is 0 Å². The number of halogens is 1. The zero-order valence-electron chi connectivity index (χ0n) is 19.3. The second kappa shape index (κ2) is 9.93. The number of amides is 1. The van der Waals surface area contributed by atoms with Crippen molar-refractivity contribution in [3.05, 3.63) is 105 Å². The van der Waals surface area contributed by atoms with Crippen molar-refractivity contribution in [2.45, 2.75) is 30.0 Å². The Labute approximate surface area is 220 Å². The summed E-state index contributed by atoms with van der Waals surface area (Å²) in [5.41, 5.74) is 2.83. The zero-order valence-corrected chi connectivity index (χ0v) is 21.7.